The summed E-state index contributed by atoms with van der Waals surface area (Å²) in [6, 6.07) is 17.5. The monoisotopic (exact) mass is 367 g/mol. The Balaban J connectivity index is 2.01. The van der Waals surface area contributed by atoms with Crippen LogP contribution in [-0.2, 0) is 11.2 Å². The van der Waals surface area contributed by atoms with E-state index in [0.29, 0.717) is 24.5 Å². The van der Waals surface area contributed by atoms with Gasteiger partial charge in [-0.1, -0.05) is 41.9 Å². The Morgan fingerprint density at radius 2 is 1.69 bits per heavy atom. The number of amides is 1. The van der Waals surface area contributed by atoms with E-state index < -0.39 is 0 Å². The van der Waals surface area contributed by atoms with Crippen LogP contribution in [0.5, 0.6) is 0 Å². The van der Waals surface area contributed by atoms with Gasteiger partial charge in [0.2, 0.25) is 5.91 Å². The molecular weight excluding hydrogens is 346 g/mol. The quantitative estimate of drug-likeness (QED) is 0.638. The van der Waals surface area contributed by atoms with Crippen LogP contribution in [0.3, 0.4) is 0 Å². The number of hydrogen-bond donors (Lipinski definition) is 0. The van der Waals surface area contributed by atoms with Gasteiger partial charge in [0.05, 0.1) is 17.8 Å². The minimum atomic E-state index is 0.109. The Labute approximate surface area is 159 Å². The van der Waals surface area contributed by atoms with Gasteiger partial charge in [0.1, 0.15) is 0 Å². The van der Waals surface area contributed by atoms with Crippen LogP contribution in [0.25, 0.3) is 16.9 Å². The van der Waals surface area contributed by atoms with E-state index >= 15 is 0 Å². The largest absolute Gasteiger partial charge is 0.343 e. The van der Waals surface area contributed by atoms with Crippen molar-refractivity contribution in [3.05, 3.63) is 71.4 Å². The van der Waals surface area contributed by atoms with Gasteiger partial charge >= 0.3 is 0 Å². The zero-order valence-electron chi connectivity index (χ0n) is 15.0. The lowest BCUT2D eigenvalue weighted by Crippen LogP contribution is -2.31. The van der Waals surface area contributed by atoms with Crippen LogP contribution in [-0.4, -0.2) is 33.7 Å². The number of aromatic nitrogens is 2. The highest BCUT2D eigenvalue weighted by molar-refractivity contribution is 6.30. The first-order valence-corrected chi connectivity index (χ1v) is 9.17. The van der Waals surface area contributed by atoms with Crippen LogP contribution >= 0.6 is 11.6 Å². The zero-order valence-corrected chi connectivity index (χ0v) is 15.8. The third kappa shape index (κ3) is 3.97. The van der Waals surface area contributed by atoms with Crippen molar-refractivity contribution >= 4 is 17.5 Å². The second-order valence-electron chi connectivity index (χ2n) is 6.03. The van der Waals surface area contributed by atoms with Crippen molar-refractivity contribution in [1.29, 1.82) is 0 Å². The minimum absolute atomic E-state index is 0.109. The molecule has 3 rings (SSSR count). The van der Waals surface area contributed by atoms with Gasteiger partial charge in [0.25, 0.3) is 0 Å². The fourth-order valence-electron chi connectivity index (χ4n) is 2.95. The molecule has 0 spiro atoms. The molecule has 2 aromatic carbocycles. The third-order valence-corrected chi connectivity index (χ3v) is 4.64. The lowest BCUT2D eigenvalue weighted by atomic mass is 10.1. The number of carbonyl (C=O) groups is 1. The van der Waals surface area contributed by atoms with Crippen molar-refractivity contribution in [2.45, 2.75) is 20.3 Å². The summed E-state index contributed by atoms with van der Waals surface area (Å²) in [5.74, 6) is 0.109. The van der Waals surface area contributed by atoms with Crippen molar-refractivity contribution in [3.8, 4) is 16.9 Å². The normalized spacial score (nSPS) is 10.7. The highest BCUT2D eigenvalue weighted by Gasteiger charge is 2.18. The van der Waals surface area contributed by atoms with E-state index in [0.717, 1.165) is 22.5 Å². The Hall–Kier alpha value is -2.59. The molecule has 134 valence electrons. The molecule has 0 saturated heterocycles. The maximum atomic E-state index is 12.6. The van der Waals surface area contributed by atoms with Crippen molar-refractivity contribution in [3.63, 3.8) is 0 Å². The summed E-state index contributed by atoms with van der Waals surface area (Å²) in [7, 11) is 0. The fourth-order valence-corrected chi connectivity index (χ4v) is 3.08. The van der Waals surface area contributed by atoms with Gasteiger partial charge in [-0.15, -0.1) is 0 Å². The average Bonchev–Trinajstić information content (AvgIpc) is 3.08. The molecule has 0 saturated carbocycles. The lowest BCUT2D eigenvalue weighted by molar-refractivity contribution is -0.130. The van der Waals surface area contributed by atoms with Crippen LogP contribution < -0.4 is 0 Å². The summed E-state index contributed by atoms with van der Waals surface area (Å²) in [5.41, 5.74) is 3.63. The summed E-state index contributed by atoms with van der Waals surface area (Å²) in [4.78, 5) is 14.5. The van der Waals surface area contributed by atoms with Gasteiger partial charge in [0.15, 0.2) is 0 Å². The van der Waals surface area contributed by atoms with Crippen LogP contribution in [0.4, 0.5) is 0 Å². The van der Waals surface area contributed by atoms with Gasteiger partial charge in [-0.25, -0.2) is 4.68 Å². The minimum Gasteiger partial charge on any atom is -0.343 e. The Kier molecular flexibility index (Phi) is 5.74. The number of para-hydroxylation sites is 1. The molecule has 0 radical (unpaired) electrons. The van der Waals surface area contributed by atoms with Crippen molar-refractivity contribution in [2.75, 3.05) is 13.1 Å². The number of benzene rings is 2. The second-order valence-corrected chi connectivity index (χ2v) is 6.47. The molecule has 5 heteroatoms. The number of halogens is 1. The molecule has 0 aliphatic heterocycles. The van der Waals surface area contributed by atoms with E-state index in [1.807, 2.05) is 84.2 Å². The van der Waals surface area contributed by atoms with E-state index in [2.05, 4.69) is 0 Å². The summed E-state index contributed by atoms with van der Waals surface area (Å²) in [5, 5.41) is 5.43. The van der Waals surface area contributed by atoms with Crippen LogP contribution in [0.2, 0.25) is 5.02 Å². The van der Waals surface area contributed by atoms with E-state index in [1.165, 1.54) is 0 Å². The van der Waals surface area contributed by atoms with Crippen LogP contribution in [0.1, 0.15) is 19.4 Å². The van der Waals surface area contributed by atoms with Gasteiger partial charge in [-0.3, -0.25) is 4.79 Å². The molecule has 0 aliphatic carbocycles. The number of likely N-dealkylation sites (N-methyl/N-ethyl adjacent to an activating group) is 1. The van der Waals surface area contributed by atoms with E-state index in [-0.39, 0.29) is 5.91 Å². The number of carbonyl (C=O) groups excluding carboxylic acids is 1. The zero-order chi connectivity index (χ0) is 18.5. The first-order valence-electron chi connectivity index (χ1n) is 8.80. The predicted octanol–water partition coefficient (Wildman–Crippen LogP) is 4.60. The van der Waals surface area contributed by atoms with Crippen LogP contribution in [0.15, 0.2) is 60.8 Å². The van der Waals surface area contributed by atoms with E-state index in [9.17, 15) is 4.79 Å². The molecule has 0 aliphatic rings. The SMILES string of the molecule is CCN(CC)C(=O)Cc1cn(-c2ccccc2)nc1-c1ccc(Cl)cc1. The smallest absolute Gasteiger partial charge is 0.227 e. The topological polar surface area (TPSA) is 38.1 Å². The molecule has 1 amide bonds. The molecule has 3 aromatic rings. The molecule has 0 N–H and O–H groups in total. The summed E-state index contributed by atoms with van der Waals surface area (Å²) >= 11 is 6.02. The van der Waals surface area contributed by atoms with Gasteiger partial charge in [-0.2, -0.15) is 5.10 Å². The highest BCUT2D eigenvalue weighted by atomic mass is 35.5. The summed E-state index contributed by atoms with van der Waals surface area (Å²) in [6.45, 7) is 5.40. The summed E-state index contributed by atoms with van der Waals surface area (Å²) < 4.78 is 1.83. The first kappa shape index (κ1) is 18.2. The van der Waals surface area contributed by atoms with Crippen LogP contribution in [0, 0.1) is 0 Å². The molecular formula is C21H22ClN3O. The number of rotatable bonds is 6. The maximum Gasteiger partial charge on any atom is 0.227 e. The standard InChI is InChI=1S/C21H22ClN3O/c1-3-24(4-2)20(26)14-17-15-25(19-8-6-5-7-9-19)23-21(17)16-10-12-18(22)13-11-16/h5-13,15H,3-4,14H2,1-2H3. The number of hydrogen-bond acceptors (Lipinski definition) is 2. The first-order chi connectivity index (χ1) is 12.6. The molecule has 0 bridgehead atoms. The van der Waals surface area contributed by atoms with Crippen molar-refractivity contribution in [1.82, 2.24) is 14.7 Å². The van der Waals surface area contributed by atoms with E-state index in [4.69, 9.17) is 16.7 Å². The van der Waals surface area contributed by atoms with Gasteiger partial charge in [0, 0.05) is 35.4 Å². The third-order valence-electron chi connectivity index (χ3n) is 4.39. The molecule has 4 nitrogen and oxygen atoms in total. The lowest BCUT2D eigenvalue weighted by Gasteiger charge is -2.18. The fraction of sp³-hybridized carbons (Fsp3) is 0.238. The Morgan fingerprint density at radius 3 is 2.31 bits per heavy atom. The van der Waals surface area contributed by atoms with Gasteiger partial charge < -0.3 is 4.90 Å². The molecule has 0 unspecified atom stereocenters. The molecule has 1 aromatic heterocycles. The number of nitrogens with zero attached hydrogens (tertiary/aromatic N) is 3. The molecule has 0 atom stereocenters. The Bertz CT molecular complexity index is 868. The Morgan fingerprint density at radius 1 is 1.04 bits per heavy atom. The van der Waals surface area contributed by atoms with E-state index in [1.54, 1.807) is 0 Å². The van der Waals surface area contributed by atoms with Gasteiger partial charge in [-0.05, 0) is 38.1 Å². The highest BCUT2D eigenvalue weighted by Crippen LogP contribution is 2.26. The molecule has 26 heavy (non-hydrogen) atoms. The molecule has 0 fully saturated rings. The predicted molar refractivity (Wildman–Crippen MR) is 106 cm³/mol. The average molecular weight is 368 g/mol. The molecule has 1 heterocycles. The maximum absolute atomic E-state index is 12.6. The van der Waals surface area contributed by atoms with Crippen molar-refractivity contribution in [2.24, 2.45) is 0 Å². The second kappa shape index (κ2) is 8.19. The van der Waals surface area contributed by atoms with Crippen molar-refractivity contribution < 1.29 is 4.79 Å². The summed E-state index contributed by atoms with van der Waals surface area (Å²) in [6.07, 6.45) is 2.27.